The number of sulfone groups is 1. The van der Waals surface area contributed by atoms with Crippen molar-refractivity contribution in [1.29, 1.82) is 0 Å². The molecular formula is C48H75N5O4S2. The first-order chi connectivity index (χ1) is 28.8. The summed E-state index contributed by atoms with van der Waals surface area (Å²) in [7, 11) is -5.14. The smallest absolute Gasteiger partial charge is 0.210 e. The van der Waals surface area contributed by atoms with Gasteiger partial charge in [-0.05, 0) is 94.2 Å². The van der Waals surface area contributed by atoms with Crippen LogP contribution in [0.15, 0.2) is 63.3 Å². The van der Waals surface area contributed by atoms with Gasteiger partial charge in [-0.3, -0.25) is 19.0 Å². The van der Waals surface area contributed by atoms with Gasteiger partial charge in [-0.15, -0.1) is 0 Å². The van der Waals surface area contributed by atoms with Gasteiger partial charge in [-0.1, -0.05) is 97.3 Å². The Kier molecular flexibility index (Phi) is 18.4. The number of unbranched alkanes of at least 4 members (excludes halogenated alkanes) is 13. The maximum Gasteiger partial charge on any atom is 0.210 e. The first kappa shape index (κ1) is 45.9. The summed E-state index contributed by atoms with van der Waals surface area (Å²) in [5.74, 6) is 0.690. The summed E-state index contributed by atoms with van der Waals surface area (Å²) in [5, 5.41) is 0.744. The molecule has 1 unspecified atom stereocenters. The predicted octanol–water partition coefficient (Wildman–Crippen LogP) is 9.74. The Morgan fingerprint density at radius 2 is 1.20 bits per heavy atom. The fraction of sp³-hybridized carbons (Fsp3) is 0.688. The second kappa shape index (κ2) is 23.6. The predicted molar refractivity (Wildman–Crippen MR) is 245 cm³/mol. The summed E-state index contributed by atoms with van der Waals surface area (Å²) in [6, 6.07) is 13.7. The standard InChI is InChI=1S/C48H75N5O4S2/c1-4-6-7-8-9-10-11-12-13-14-15-16-17-18-37-57-42-19-22-44(23-20-42)59(55,56)47-39-49-46-24-21-43(58(3)54)38-45(46)48(47)53-31-27-41(28-32-53)52-35-33-51(34-36-52)40-25-29-50(5-2)30-26-40/h19-24,38-41H,4-18,25-37H2,1-3H3. The lowest BCUT2D eigenvalue weighted by atomic mass is 9.99. The van der Waals surface area contributed by atoms with Crippen molar-refractivity contribution in [3.8, 4) is 5.75 Å². The fourth-order valence-corrected chi connectivity index (χ4v) is 11.7. The zero-order valence-electron chi connectivity index (χ0n) is 36.8. The van der Waals surface area contributed by atoms with Crippen LogP contribution in [0, 0.1) is 0 Å². The van der Waals surface area contributed by atoms with Crippen LogP contribution in [0.2, 0.25) is 0 Å². The van der Waals surface area contributed by atoms with Crippen LogP contribution in [0.4, 0.5) is 5.69 Å². The van der Waals surface area contributed by atoms with Crippen LogP contribution < -0.4 is 9.64 Å². The fourth-order valence-electron chi connectivity index (χ4n) is 9.69. The van der Waals surface area contributed by atoms with E-state index in [4.69, 9.17) is 4.74 Å². The number of nitrogens with zero attached hydrogens (tertiary/aromatic N) is 5. The molecular weight excluding hydrogens is 775 g/mol. The molecule has 3 fully saturated rings. The number of benzene rings is 2. The quantitative estimate of drug-likeness (QED) is 0.0867. The van der Waals surface area contributed by atoms with Gasteiger partial charge in [0.15, 0.2) is 0 Å². The molecule has 3 saturated heterocycles. The Hall–Kier alpha value is -2.57. The van der Waals surface area contributed by atoms with Crippen molar-refractivity contribution in [2.24, 2.45) is 0 Å². The van der Waals surface area contributed by atoms with Crippen molar-refractivity contribution in [3.05, 3.63) is 48.7 Å². The van der Waals surface area contributed by atoms with Crippen molar-refractivity contribution in [3.63, 3.8) is 0 Å². The van der Waals surface area contributed by atoms with Crippen molar-refractivity contribution in [1.82, 2.24) is 19.7 Å². The van der Waals surface area contributed by atoms with Gasteiger partial charge in [0.1, 0.15) is 10.6 Å². The van der Waals surface area contributed by atoms with E-state index in [1.54, 1.807) is 30.5 Å². The monoisotopic (exact) mass is 850 g/mol. The minimum absolute atomic E-state index is 0.210. The van der Waals surface area contributed by atoms with Gasteiger partial charge in [0, 0.05) is 84.9 Å². The molecule has 328 valence electrons. The van der Waals surface area contributed by atoms with Crippen LogP contribution in [-0.4, -0.2) is 116 Å². The van der Waals surface area contributed by atoms with E-state index >= 15 is 0 Å². The summed E-state index contributed by atoms with van der Waals surface area (Å²) in [5.41, 5.74) is 1.39. The van der Waals surface area contributed by atoms with E-state index in [1.807, 2.05) is 18.2 Å². The Morgan fingerprint density at radius 3 is 1.73 bits per heavy atom. The SMILES string of the molecule is CCCCCCCCCCCCCCCCOc1ccc(S(=O)(=O)c2cnc3ccc(S(C)=O)cc3c2N2CCC(N3CCN(C4CCN(CC)CC4)CC3)CC2)cc1. The lowest BCUT2D eigenvalue weighted by Crippen LogP contribution is -2.56. The Morgan fingerprint density at radius 1 is 0.678 bits per heavy atom. The van der Waals surface area contributed by atoms with Crippen LogP contribution in [0.5, 0.6) is 5.75 Å². The van der Waals surface area contributed by atoms with E-state index in [2.05, 4.69) is 38.4 Å². The molecule has 4 heterocycles. The summed E-state index contributed by atoms with van der Waals surface area (Å²) < 4.78 is 47.7. The third kappa shape index (κ3) is 13.0. The molecule has 0 spiro atoms. The Bertz CT molecular complexity index is 1830. The number of pyridine rings is 1. The summed E-state index contributed by atoms with van der Waals surface area (Å²) >= 11 is 0. The number of fused-ring (bicyclic) bond motifs is 1. The van der Waals surface area contributed by atoms with Crippen LogP contribution in [-0.2, 0) is 20.6 Å². The normalized spacial score (nSPS) is 18.8. The van der Waals surface area contributed by atoms with E-state index in [1.165, 1.54) is 109 Å². The molecule has 0 bridgehead atoms. The number of aromatic nitrogens is 1. The molecule has 59 heavy (non-hydrogen) atoms. The molecule has 1 atom stereocenters. The van der Waals surface area contributed by atoms with E-state index < -0.39 is 20.6 Å². The number of anilines is 1. The second-order valence-corrected chi connectivity index (χ2v) is 20.8. The number of likely N-dealkylation sites (tertiary alicyclic amines) is 1. The molecule has 0 N–H and O–H groups in total. The van der Waals surface area contributed by atoms with Gasteiger partial charge in [-0.25, -0.2) is 8.42 Å². The number of piperidine rings is 2. The first-order valence-corrected chi connectivity index (χ1v) is 26.5. The Labute approximate surface area is 360 Å². The van der Waals surface area contributed by atoms with Gasteiger partial charge < -0.3 is 14.5 Å². The zero-order valence-corrected chi connectivity index (χ0v) is 38.4. The first-order valence-electron chi connectivity index (χ1n) is 23.5. The highest BCUT2D eigenvalue weighted by molar-refractivity contribution is 7.91. The molecule has 11 heteroatoms. The van der Waals surface area contributed by atoms with E-state index in [-0.39, 0.29) is 9.79 Å². The highest BCUT2D eigenvalue weighted by Gasteiger charge is 2.34. The minimum atomic E-state index is -3.92. The van der Waals surface area contributed by atoms with Gasteiger partial charge in [0.25, 0.3) is 0 Å². The third-order valence-corrected chi connectivity index (χ3v) is 16.2. The number of hydrogen-bond acceptors (Lipinski definition) is 9. The topological polar surface area (TPSA) is 86.3 Å². The maximum atomic E-state index is 14.5. The minimum Gasteiger partial charge on any atom is -0.494 e. The molecule has 3 aromatic rings. The van der Waals surface area contributed by atoms with E-state index in [0.717, 1.165) is 76.9 Å². The molecule has 3 aliphatic rings. The Balaban J connectivity index is 1.01. The summed E-state index contributed by atoms with van der Waals surface area (Å²) in [4.78, 5) is 16.0. The highest BCUT2D eigenvalue weighted by Crippen LogP contribution is 2.39. The van der Waals surface area contributed by atoms with E-state index in [9.17, 15) is 12.6 Å². The molecule has 0 amide bonds. The van der Waals surface area contributed by atoms with Gasteiger partial charge in [0.05, 0.1) is 22.7 Å². The number of piperazine rings is 1. The van der Waals surface area contributed by atoms with Crippen molar-refractivity contribution in [2.45, 2.75) is 156 Å². The third-order valence-electron chi connectivity index (χ3n) is 13.5. The van der Waals surface area contributed by atoms with Crippen molar-refractivity contribution in [2.75, 3.05) is 76.7 Å². The molecule has 0 radical (unpaired) electrons. The van der Waals surface area contributed by atoms with Crippen LogP contribution >= 0.6 is 0 Å². The average molecular weight is 850 g/mol. The number of ether oxygens (including phenoxy) is 1. The molecule has 1 aromatic heterocycles. The number of hydrogen-bond donors (Lipinski definition) is 0. The molecule has 3 aliphatic heterocycles. The van der Waals surface area contributed by atoms with Gasteiger partial charge in [-0.2, -0.15) is 0 Å². The molecule has 9 nitrogen and oxygen atoms in total. The molecule has 6 rings (SSSR count). The van der Waals surface area contributed by atoms with Crippen molar-refractivity contribution >= 4 is 37.2 Å². The lowest BCUT2D eigenvalue weighted by molar-refractivity contribution is 0.0384. The van der Waals surface area contributed by atoms with Gasteiger partial charge in [0.2, 0.25) is 9.84 Å². The molecule has 0 aliphatic carbocycles. The summed E-state index contributed by atoms with van der Waals surface area (Å²) in [6.07, 6.45) is 26.2. The van der Waals surface area contributed by atoms with Crippen LogP contribution in [0.25, 0.3) is 10.9 Å². The highest BCUT2D eigenvalue weighted by atomic mass is 32.2. The molecule has 0 saturated carbocycles. The average Bonchev–Trinajstić information content (AvgIpc) is 3.27. The van der Waals surface area contributed by atoms with Gasteiger partial charge >= 0.3 is 0 Å². The summed E-state index contributed by atoms with van der Waals surface area (Å²) in [6.45, 7) is 14.7. The van der Waals surface area contributed by atoms with Crippen molar-refractivity contribution < 1.29 is 17.4 Å². The largest absolute Gasteiger partial charge is 0.494 e. The van der Waals surface area contributed by atoms with Crippen LogP contribution in [0.1, 0.15) is 129 Å². The van der Waals surface area contributed by atoms with E-state index in [0.29, 0.717) is 40.5 Å². The number of rotatable bonds is 23. The lowest BCUT2D eigenvalue weighted by Gasteiger charge is -2.46. The zero-order chi connectivity index (χ0) is 41.5. The second-order valence-electron chi connectivity index (χ2n) is 17.5. The van der Waals surface area contributed by atoms with Crippen LogP contribution in [0.3, 0.4) is 0 Å². The molecule has 2 aromatic carbocycles. The maximum absolute atomic E-state index is 14.5.